The van der Waals surface area contributed by atoms with Crippen molar-refractivity contribution in [1.82, 2.24) is 41.3 Å². The minimum atomic E-state index is -2.00. The van der Waals surface area contributed by atoms with Crippen molar-refractivity contribution in [1.29, 1.82) is 0 Å². The quantitative estimate of drug-likeness (QED) is 0.0251. The molecule has 7 aliphatic heterocycles. The van der Waals surface area contributed by atoms with Crippen molar-refractivity contribution in [3.05, 3.63) is 0 Å². The fourth-order valence-electron chi connectivity index (χ4n) is 15.7. The van der Waals surface area contributed by atoms with E-state index in [1.54, 1.807) is 0 Å². The van der Waals surface area contributed by atoms with Crippen molar-refractivity contribution in [2.24, 2.45) is 0 Å². The maximum absolute atomic E-state index is 15.2. The molecule has 0 aromatic carbocycles. The Bertz CT molecular complexity index is 3480. The van der Waals surface area contributed by atoms with Gasteiger partial charge >= 0.3 is 5.97 Å². The molecule has 0 radical (unpaired) electrons. The summed E-state index contributed by atoms with van der Waals surface area (Å²) in [5.41, 5.74) is 0. The van der Waals surface area contributed by atoms with Gasteiger partial charge in [-0.3, -0.25) is 43.3 Å². The van der Waals surface area contributed by atoms with Gasteiger partial charge in [-0.25, -0.2) is 0 Å². The van der Waals surface area contributed by atoms with Gasteiger partial charge in [-0.05, 0) is 44.9 Å². The first-order chi connectivity index (χ1) is 65.7. The lowest BCUT2D eigenvalue weighted by Gasteiger charge is -2.46. The molecule has 36 atom stereocenters. The second kappa shape index (κ2) is 60.8. The average molecular weight is 2010 g/mol. The molecule has 7 heterocycles. The van der Waals surface area contributed by atoms with Crippen molar-refractivity contribution in [3.63, 3.8) is 0 Å². The fraction of sp³-hybridized carbons (Fsp3) is 0.901. The van der Waals surface area contributed by atoms with E-state index >= 15 is 4.79 Å². The van der Waals surface area contributed by atoms with Crippen LogP contribution in [-0.2, 0) is 105 Å². The number of hydrogen-bond donors (Lipinski definition) is 32. The molecule has 800 valence electrons. The van der Waals surface area contributed by atoms with Crippen LogP contribution in [0.3, 0.4) is 0 Å². The third-order valence-corrected chi connectivity index (χ3v) is 24.0. The lowest BCUT2D eigenvalue weighted by atomic mass is 9.96. The van der Waals surface area contributed by atoms with Crippen LogP contribution in [0.2, 0.25) is 0 Å². The summed E-state index contributed by atoms with van der Waals surface area (Å²) >= 11 is 0. The summed E-state index contributed by atoms with van der Waals surface area (Å²) in [6, 6.07) is -1.71. The topological polar surface area (TPSA) is 882 Å². The molecule has 7 saturated heterocycles. The van der Waals surface area contributed by atoms with Gasteiger partial charge in [-0.2, -0.15) is 0 Å². The Kier molecular flexibility index (Phi) is 52.4. The molecule has 32 N–H and O–H groups in total. The van der Waals surface area contributed by atoms with Crippen LogP contribution in [0.25, 0.3) is 0 Å². The monoisotopic (exact) mass is 2010 g/mol. The van der Waals surface area contributed by atoms with E-state index in [9.17, 15) is 166 Å². The van der Waals surface area contributed by atoms with E-state index in [4.69, 9.17) is 71.4 Å². The Morgan fingerprint density at radius 3 is 0.935 bits per heavy atom. The molecule has 0 bridgehead atoms. The largest absolute Gasteiger partial charge is 0.481 e. The van der Waals surface area contributed by atoms with Crippen molar-refractivity contribution >= 4 is 47.3 Å². The highest BCUT2D eigenvalue weighted by Gasteiger charge is 2.54. The number of aliphatic hydroxyl groups excluding tert-OH is 26. The van der Waals surface area contributed by atoms with Crippen LogP contribution in [0, 0.1) is 0 Å². The lowest BCUT2D eigenvalue weighted by Crippen LogP contribution is -2.65. The van der Waals surface area contributed by atoms with Crippen LogP contribution in [0.1, 0.15) is 89.9 Å². The van der Waals surface area contributed by atoms with E-state index in [2.05, 4.69) is 26.6 Å². The number of ether oxygens (including phenoxy) is 14. The van der Waals surface area contributed by atoms with Crippen LogP contribution < -0.4 is 26.6 Å². The molecule has 57 heteroatoms. The number of aliphatic carboxylic acids is 1. The maximum atomic E-state index is 15.2. The molecule has 7 amide bonds. The maximum Gasteiger partial charge on any atom is 0.303 e. The van der Waals surface area contributed by atoms with Crippen molar-refractivity contribution in [2.45, 2.75) is 311 Å². The molecule has 0 aromatic heterocycles. The highest BCUT2D eigenvalue weighted by molar-refractivity contribution is 5.88. The third kappa shape index (κ3) is 35.8. The van der Waals surface area contributed by atoms with Gasteiger partial charge in [0.1, 0.15) is 177 Å². The Labute approximate surface area is 790 Å². The standard InChI is InChI=1S/C81H142N8O49/c90-31-39-53(104)60(111)66(117)75(131-39)126-24-19-88(20-25-127-76-67(118)61(112)54(105)40(32-91)132-76)51(101)14-13-38(74(124)89(21-26-128-77-68(119)62(113)55(106)41(33-92)133-77)22-27-129-78-69(120)63(114)56(107)42(34-93)134-78)86-47(97)11-5-2-8-16-83-49(99)29-87(30-50(100)84-17-9-3-6-12-52(102)103)28-48(98)82-15-7-1-4-10-46(96)85-18-23-125-80-72(123)73(138-81-71(122)65(116)58(109)44(36-95)136-81)59(110)45(137-80)37-130-79-70(121)64(115)57(108)43(35-94)135-79/h38-45,53-73,75-81,90-95,104-123H,1-37H2,(H,82,98)(H,83,99)(H,84,100)(H,85,96)(H,86,97)(H,102,103)/t38-,39+,40+,41+,42+,43+,44+,45+,53+,54+,55+,56+,57+,58+,59+,60-,61-,62-,63-,64-,65-,66-,67-,68-,69-,70-,71-,72-,73-,75-,76-,77-,78-,79-,80-,81+/m0/s1. The van der Waals surface area contributed by atoms with E-state index < -0.39 is 400 Å². The first-order valence-corrected chi connectivity index (χ1v) is 45.8. The van der Waals surface area contributed by atoms with E-state index in [-0.39, 0.29) is 71.3 Å². The normalized spacial score (nSPS) is 35.3. The number of rotatable bonds is 60. The van der Waals surface area contributed by atoms with Crippen molar-refractivity contribution in [2.75, 3.05) is 151 Å². The molecule has 7 fully saturated rings. The van der Waals surface area contributed by atoms with Gasteiger partial charge in [-0.15, -0.1) is 0 Å². The van der Waals surface area contributed by atoms with Gasteiger partial charge < -0.3 is 241 Å². The zero-order valence-electron chi connectivity index (χ0n) is 75.8. The van der Waals surface area contributed by atoms with Crippen LogP contribution in [0.5, 0.6) is 0 Å². The van der Waals surface area contributed by atoms with Gasteiger partial charge in [0.05, 0.1) is 98.9 Å². The van der Waals surface area contributed by atoms with Gasteiger partial charge in [0.15, 0.2) is 44.0 Å². The molecule has 0 aromatic rings. The van der Waals surface area contributed by atoms with Gasteiger partial charge in [-0.1, -0.05) is 19.3 Å². The summed E-state index contributed by atoms with van der Waals surface area (Å²) in [5.74, 6) is -5.94. The third-order valence-electron chi connectivity index (χ3n) is 24.0. The number of hydrogen-bond acceptors (Lipinski definition) is 49. The highest BCUT2D eigenvalue weighted by atomic mass is 16.8. The number of carbonyl (C=O) groups is 8. The number of carboxylic acid groups (broad SMARTS) is 1. The Morgan fingerprint density at radius 2 is 0.580 bits per heavy atom. The first-order valence-electron chi connectivity index (χ1n) is 45.8. The summed E-state index contributed by atoms with van der Waals surface area (Å²) in [6.07, 6.45) is -60.8. The molecule has 0 aliphatic carbocycles. The van der Waals surface area contributed by atoms with Crippen molar-refractivity contribution in [3.8, 4) is 0 Å². The number of amides is 7. The zero-order valence-corrected chi connectivity index (χ0v) is 75.8. The summed E-state index contributed by atoms with van der Waals surface area (Å²) in [7, 11) is 0. The summed E-state index contributed by atoms with van der Waals surface area (Å²) in [5, 5.41) is 293. The Hall–Kier alpha value is -5.88. The first kappa shape index (κ1) is 119. The summed E-state index contributed by atoms with van der Waals surface area (Å²) < 4.78 is 78.1. The molecular weight excluding hydrogens is 1870 g/mol. The van der Waals surface area contributed by atoms with Gasteiger partial charge in [0, 0.05) is 78.0 Å². The second-order valence-electron chi connectivity index (χ2n) is 34.2. The molecule has 0 spiro atoms. The number of nitrogens with zero attached hydrogens (tertiary/aromatic N) is 3. The Morgan fingerprint density at radius 1 is 0.283 bits per heavy atom. The number of carboxylic acids is 1. The SMILES string of the molecule is O=C(O)CCCCCNC(=O)CN(CC(=O)NCCCCCC(=O)NCCO[C@H]1O[C@H](CO[C@H]2O[C@H](CO)[C@@H](O)[C@H](O)[C@@H]2O)[C@@H](O)[C@H](O[C@H]2O[C@H](CO)[C@@H](O)[C@H](O)[C@@H]2O)[C@@H]1O)CC(=O)NCCCCCC(=O)N[C@@H](CCC(=O)N(CCO[C@H]1O[C@H](CO)[C@@H](O)[C@H](O)[C@@H]1O)CCO[C@H]1O[C@H](CO)[C@@H](O)[C@H](O)[C@@H]1O)C(=O)N(CCO[C@H]1O[C@H](CO)[C@@H](O)[C@H](O)[C@@H]1O)CCO[C@H]1O[C@H](CO)[C@@H](O)[C@H](O)[C@@H]1O. The average Bonchev–Trinajstić information content (AvgIpc) is 0.776. The van der Waals surface area contributed by atoms with Crippen LogP contribution >= 0.6 is 0 Å². The van der Waals surface area contributed by atoms with Gasteiger partial charge in [0.2, 0.25) is 41.4 Å². The van der Waals surface area contributed by atoms with Crippen LogP contribution in [0.15, 0.2) is 0 Å². The van der Waals surface area contributed by atoms with Crippen LogP contribution in [-0.4, -0.2) is 572 Å². The fourth-order valence-corrected chi connectivity index (χ4v) is 15.7. The molecule has 57 nitrogen and oxygen atoms in total. The van der Waals surface area contributed by atoms with E-state index in [1.807, 2.05) is 0 Å². The predicted octanol–water partition coefficient (Wildman–Crippen LogP) is -18.8. The molecule has 7 rings (SSSR count). The Balaban J connectivity index is 0.952. The summed E-state index contributed by atoms with van der Waals surface area (Å²) in [6.45, 7) is -11.9. The van der Waals surface area contributed by atoms with Gasteiger partial charge in [0.25, 0.3) is 0 Å². The molecule has 7 aliphatic rings. The van der Waals surface area contributed by atoms with Crippen LogP contribution in [0.4, 0.5) is 0 Å². The molecule has 0 saturated carbocycles. The number of aliphatic hydroxyl groups is 26. The smallest absolute Gasteiger partial charge is 0.303 e. The molecule has 0 unspecified atom stereocenters. The zero-order chi connectivity index (χ0) is 102. The number of nitrogens with one attached hydrogen (secondary N) is 5. The molecular formula is C81H142N8O49. The minimum absolute atomic E-state index is 0.0276. The number of carbonyl (C=O) groups excluding carboxylic acids is 7. The van der Waals surface area contributed by atoms with E-state index in [0.717, 1.165) is 9.80 Å². The van der Waals surface area contributed by atoms with E-state index in [1.165, 1.54) is 4.90 Å². The predicted molar refractivity (Wildman–Crippen MR) is 450 cm³/mol. The summed E-state index contributed by atoms with van der Waals surface area (Å²) in [4.78, 5) is 112. The highest BCUT2D eigenvalue weighted by Crippen LogP contribution is 2.33. The number of unbranched alkanes of at least 4 members (excludes halogenated alkanes) is 6. The second-order valence-corrected chi connectivity index (χ2v) is 34.2. The lowest BCUT2D eigenvalue weighted by molar-refractivity contribution is -0.366. The molecule has 138 heavy (non-hydrogen) atoms. The van der Waals surface area contributed by atoms with Crippen molar-refractivity contribution < 1.29 is 243 Å². The van der Waals surface area contributed by atoms with E-state index in [0.29, 0.717) is 38.5 Å². The minimum Gasteiger partial charge on any atom is -0.481 e.